The molecule has 0 bridgehead atoms. The van der Waals surface area contributed by atoms with Gasteiger partial charge in [-0.2, -0.15) is 22.0 Å². The lowest BCUT2D eigenvalue weighted by Crippen LogP contribution is -2.16. The van der Waals surface area contributed by atoms with Gasteiger partial charge in [-0.05, 0) is 30.2 Å². The Morgan fingerprint density at radius 3 is 2.45 bits per heavy atom. The van der Waals surface area contributed by atoms with E-state index in [4.69, 9.17) is 0 Å². The lowest BCUT2D eigenvalue weighted by atomic mass is 10.1. The van der Waals surface area contributed by atoms with E-state index < -0.39 is 0 Å². The van der Waals surface area contributed by atoms with Crippen molar-refractivity contribution >= 4 is 11.8 Å². The average Bonchev–Trinajstić information content (AvgIpc) is 3.44. The number of aryl methyl sites for hydroxylation is 1. The first-order chi connectivity index (χ1) is 14.3. The van der Waals surface area contributed by atoms with E-state index in [-0.39, 0.29) is 0 Å². The fourth-order valence-corrected chi connectivity index (χ4v) is 4.78. The topological polar surface area (TPSA) is 61.4 Å². The van der Waals surface area contributed by atoms with Crippen LogP contribution in [0.2, 0.25) is 0 Å². The summed E-state index contributed by atoms with van der Waals surface area (Å²) in [5, 5.41) is 8.84. The molecule has 146 valence electrons. The van der Waals surface area contributed by atoms with E-state index in [1.807, 2.05) is 61.9 Å². The fraction of sp³-hybridized carbons (Fsp3) is 0.273. The molecule has 0 amide bonds. The molecule has 1 aliphatic rings. The lowest BCUT2D eigenvalue weighted by Gasteiger charge is -2.21. The molecule has 7 heteroatoms. The normalized spacial score (nSPS) is 16.8. The summed E-state index contributed by atoms with van der Waals surface area (Å²) >= 11 is 2.01. The molecule has 1 fully saturated rings. The Labute approximate surface area is 174 Å². The summed E-state index contributed by atoms with van der Waals surface area (Å²) in [5.41, 5.74) is 5.24. The molecule has 0 aliphatic carbocycles. The molecule has 0 radical (unpaired) electrons. The lowest BCUT2D eigenvalue weighted by molar-refractivity contribution is 0.455. The predicted molar refractivity (Wildman–Crippen MR) is 116 cm³/mol. The average molecular weight is 403 g/mol. The van der Waals surface area contributed by atoms with Gasteiger partial charge in [-0.25, -0.2) is 9.97 Å². The molecule has 1 atom stereocenters. The molecule has 4 heterocycles. The quantitative estimate of drug-likeness (QED) is 0.504. The van der Waals surface area contributed by atoms with Crippen LogP contribution in [0.15, 0.2) is 61.4 Å². The summed E-state index contributed by atoms with van der Waals surface area (Å²) in [6, 6.07) is 8.74. The molecule has 1 saturated heterocycles. The van der Waals surface area contributed by atoms with Gasteiger partial charge in [0.15, 0.2) is 5.82 Å². The molecule has 29 heavy (non-hydrogen) atoms. The Kier molecular flexibility index (Phi) is 4.89. The summed E-state index contributed by atoms with van der Waals surface area (Å²) in [4.78, 5) is 9.23. The predicted octanol–water partition coefficient (Wildman–Crippen LogP) is 4.48. The fourth-order valence-electron chi connectivity index (χ4n) is 3.65. The zero-order valence-corrected chi connectivity index (χ0v) is 17.1. The monoisotopic (exact) mass is 402 g/mol. The molecular formula is C22H22N6S. The van der Waals surface area contributed by atoms with Gasteiger partial charge in [0.25, 0.3) is 0 Å². The van der Waals surface area contributed by atoms with E-state index >= 15 is 0 Å². The van der Waals surface area contributed by atoms with Crippen LogP contribution in [0.25, 0.3) is 33.6 Å². The number of aromatic nitrogens is 6. The minimum atomic E-state index is 0.498. The van der Waals surface area contributed by atoms with E-state index in [0.29, 0.717) is 6.04 Å². The van der Waals surface area contributed by atoms with Crippen molar-refractivity contribution in [3.05, 3.63) is 61.4 Å². The van der Waals surface area contributed by atoms with E-state index in [9.17, 15) is 0 Å². The van der Waals surface area contributed by atoms with Crippen LogP contribution in [-0.4, -0.2) is 41.0 Å². The molecule has 0 spiro atoms. The smallest absolute Gasteiger partial charge is 0.159 e. The van der Waals surface area contributed by atoms with Crippen LogP contribution in [0, 0.1) is 0 Å². The number of benzene rings is 1. The largest absolute Gasteiger partial charge is 0.275 e. The van der Waals surface area contributed by atoms with Gasteiger partial charge in [0.2, 0.25) is 0 Å². The Morgan fingerprint density at radius 2 is 1.69 bits per heavy atom. The third kappa shape index (κ3) is 3.82. The SMILES string of the molecule is Cn1cc(-c2cccc(-c3ncc(-c4cnn(C5CCCSC5)c4)cn3)c2)cn1. The number of nitrogens with zero attached hydrogens (tertiary/aromatic N) is 6. The van der Waals surface area contributed by atoms with Crippen LogP contribution in [0.4, 0.5) is 0 Å². The number of rotatable bonds is 4. The van der Waals surface area contributed by atoms with Gasteiger partial charge < -0.3 is 0 Å². The van der Waals surface area contributed by atoms with E-state index in [1.165, 1.54) is 18.6 Å². The van der Waals surface area contributed by atoms with E-state index in [1.54, 1.807) is 4.68 Å². The molecule has 0 N–H and O–H groups in total. The summed E-state index contributed by atoms with van der Waals surface area (Å²) in [5.74, 6) is 3.13. The molecule has 0 saturated carbocycles. The first-order valence-electron chi connectivity index (χ1n) is 9.80. The molecule has 5 rings (SSSR count). The number of hydrogen-bond acceptors (Lipinski definition) is 5. The molecule has 4 aromatic rings. The molecule has 1 aromatic carbocycles. The Morgan fingerprint density at radius 1 is 0.897 bits per heavy atom. The van der Waals surface area contributed by atoms with Crippen LogP contribution in [-0.2, 0) is 7.05 Å². The number of thioether (sulfide) groups is 1. The van der Waals surface area contributed by atoms with Crippen molar-refractivity contribution in [3.63, 3.8) is 0 Å². The van der Waals surface area contributed by atoms with Gasteiger partial charge in [-0.3, -0.25) is 9.36 Å². The molecular weight excluding hydrogens is 380 g/mol. The van der Waals surface area contributed by atoms with Gasteiger partial charge in [0.05, 0.1) is 18.4 Å². The van der Waals surface area contributed by atoms with Crippen LogP contribution in [0.5, 0.6) is 0 Å². The van der Waals surface area contributed by atoms with Gasteiger partial charge in [-0.15, -0.1) is 0 Å². The van der Waals surface area contributed by atoms with Crippen molar-refractivity contribution < 1.29 is 0 Å². The standard InChI is InChI=1S/C22H22N6S/c1-27-13-19(11-25-27)16-4-2-5-17(8-16)22-23-9-18(10-24-22)20-12-26-28(14-20)21-6-3-7-29-15-21/h2,4-5,8-14,21H,3,6-7,15H2,1H3. The molecule has 3 aromatic heterocycles. The van der Waals surface area contributed by atoms with Crippen LogP contribution >= 0.6 is 11.8 Å². The highest BCUT2D eigenvalue weighted by Gasteiger charge is 2.17. The zero-order chi connectivity index (χ0) is 19.6. The third-order valence-corrected chi connectivity index (χ3v) is 6.45. The van der Waals surface area contributed by atoms with Gasteiger partial charge >= 0.3 is 0 Å². The van der Waals surface area contributed by atoms with Crippen molar-refractivity contribution in [1.29, 1.82) is 0 Å². The van der Waals surface area contributed by atoms with Gasteiger partial charge in [0.1, 0.15) is 0 Å². The zero-order valence-electron chi connectivity index (χ0n) is 16.3. The second kappa shape index (κ2) is 7.83. The van der Waals surface area contributed by atoms with Crippen molar-refractivity contribution in [2.24, 2.45) is 7.05 Å². The summed E-state index contributed by atoms with van der Waals surface area (Å²) in [7, 11) is 1.92. The van der Waals surface area contributed by atoms with Crippen molar-refractivity contribution in [3.8, 4) is 33.6 Å². The maximum absolute atomic E-state index is 4.61. The van der Waals surface area contributed by atoms with Crippen molar-refractivity contribution in [2.75, 3.05) is 11.5 Å². The van der Waals surface area contributed by atoms with Crippen molar-refractivity contribution in [1.82, 2.24) is 29.5 Å². The summed E-state index contributed by atoms with van der Waals surface area (Å²) in [6.07, 6.45) is 14.2. The van der Waals surface area contributed by atoms with Crippen molar-refractivity contribution in [2.45, 2.75) is 18.9 Å². The minimum absolute atomic E-state index is 0.498. The Bertz CT molecular complexity index is 1110. The second-order valence-corrected chi connectivity index (χ2v) is 8.51. The highest BCUT2D eigenvalue weighted by Crippen LogP contribution is 2.29. The highest BCUT2D eigenvalue weighted by molar-refractivity contribution is 7.99. The van der Waals surface area contributed by atoms with E-state index in [2.05, 4.69) is 43.2 Å². The minimum Gasteiger partial charge on any atom is -0.275 e. The first-order valence-corrected chi connectivity index (χ1v) is 11.0. The molecule has 1 unspecified atom stereocenters. The van der Waals surface area contributed by atoms with Crippen LogP contribution in [0.1, 0.15) is 18.9 Å². The number of hydrogen-bond donors (Lipinski definition) is 0. The van der Waals surface area contributed by atoms with Crippen LogP contribution < -0.4 is 0 Å². The maximum Gasteiger partial charge on any atom is 0.159 e. The Hall–Kier alpha value is -2.93. The summed E-state index contributed by atoms with van der Waals surface area (Å²) in [6.45, 7) is 0. The molecule has 1 aliphatic heterocycles. The highest BCUT2D eigenvalue weighted by atomic mass is 32.2. The summed E-state index contributed by atoms with van der Waals surface area (Å²) < 4.78 is 3.91. The maximum atomic E-state index is 4.61. The van der Waals surface area contributed by atoms with E-state index in [0.717, 1.165) is 39.4 Å². The van der Waals surface area contributed by atoms with Gasteiger partial charge in [0, 0.05) is 59.8 Å². The second-order valence-electron chi connectivity index (χ2n) is 7.36. The first kappa shape index (κ1) is 18.1. The van der Waals surface area contributed by atoms with Gasteiger partial charge in [-0.1, -0.05) is 18.2 Å². The molecule has 6 nitrogen and oxygen atoms in total. The van der Waals surface area contributed by atoms with Crippen LogP contribution in [0.3, 0.4) is 0 Å². The Balaban J connectivity index is 1.37. The third-order valence-electron chi connectivity index (χ3n) is 5.26.